The Hall–Kier alpha value is -2.96. The molecule has 11 heteroatoms. The number of carbonyl (C=O) groups excluding carboxylic acids is 1. The fourth-order valence-corrected chi connectivity index (χ4v) is 2.57. The van der Waals surface area contributed by atoms with E-state index in [1.807, 2.05) is 0 Å². The standard InChI is InChI=1S/C18H19NO9S/c1-27-17-7-5-12(8-16(17)23)14(21)6-4-11-2-3-13(9-15(11)22)18(10-20)28-19-29(24,25)26/h2-9,18-20,22-23H,10H2,1H3,(H,24,25,26). The zero-order valence-electron chi connectivity index (χ0n) is 15.1. The highest BCUT2D eigenvalue weighted by Crippen LogP contribution is 2.28. The topological polar surface area (TPSA) is 163 Å². The van der Waals surface area contributed by atoms with Crippen LogP contribution in [0.3, 0.4) is 0 Å². The van der Waals surface area contributed by atoms with Crippen molar-refractivity contribution in [3.05, 3.63) is 59.2 Å². The maximum Gasteiger partial charge on any atom is 0.355 e. The molecule has 0 radical (unpaired) electrons. The van der Waals surface area contributed by atoms with Crippen molar-refractivity contribution in [1.29, 1.82) is 0 Å². The molecule has 156 valence electrons. The smallest absolute Gasteiger partial charge is 0.355 e. The number of ketones is 1. The number of nitrogens with one attached hydrogen (secondary N) is 1. The van der Waals surface area contributed by atoms with Crippen LogP contribution in [0.25, 0.3) is 6.08 Å². The minimum Gasteiger partial charge on any atom is -0.507 e. The number of phenolic OH excluding ortho intramolecular Hbond substituents is 2. The van der Waals surface area contributed by atoms with E-state index < -0.39 is 28.8 Å². The molecule has 5 N–H and O–H groups in total. The first-order valence-electron chi connectivity index (χ1n) is 8.07. The van der Waals surface area contributed by atoms with Crippen LogP contribution < -0.4 is 9.62 Å². The van der Waals surface area contributed by atoms with Gasteiger partial charge in [-0.25, -0.2) is 0 Å². The number of hydrogen-bond acceptors (Lipinski definition) is 8. The highest BCUT2D eigenvalue weighted by atomic mass is 32.2. The van der Waals surface area contributed by atoms with Crippen molar-refractivity contribution in [2.45, 2.75) is 6.10 Å². The van der Waals surface area contributed by atoms with Crippen molar-refractivity contribution in [3.63, 3.8) is 0 Å². The SMILES string of the molecule is COc1ccc(C(=O)C=Cc2ccc(C(CO)ONS(=O)(=O)O)cc2O)cc1O. The van der Waals surface area contributed by atoms with E-state index in [2.05, 4.69) is 4.84 Å². The minimum absolute atomic E-state index is 0.188. The molecule has 2 aromatic rings. The van der Waals surface area contributed by atoms with E-state index in [0.29, 0.717) is 0 Å². The predicted octanol–water partition coefficient (Wildman–Crippen LogP) is 1.36. The van der Waals surface area contributed by atoms with Gasteiger partial charge in [0.05, 0.1) is 13.7 Å². The van der Waals surface area contributed by atoms with Gasteiger partial charge in [-0.1, -0.05) is 17.0 Å². The summed E-state index contributed by atoms with van der Waals surface area (Å²) in [4.78, 5) is 18.3. The van der Waals surface area contributed by atoms with Gasteiger partial charge in [-0.15, -0.1) is 0 Å². The van der Waals surface area contributed by atoms with Gasteiger partial charge in [-0.2, -0.15) is 8.42 Å². The first-order chi connectivity index (χ1) is 13.6. The average molecular weight is 425 g/mol. The molecular formula is C18H19NO9S. The molecule has 0 aliphatic rings. The first-order valence-corrected chi connectivity index (χ1v) is 9.51. The third-order valence-electron chi connectivity index (χ3n) is 3.77. The summed E-state index contributed by atoms with van der Waals surface area (Å²) in [6.07, 6.45) is 1.34. The second-order valence-electron chi connectivity index (χ2n) is 5.75. The number of benzene rings is 2. The lowest BCUT2D eigenvalue weighted by atomic mass is 10.0. The molecule has 0 aliphatic carbocycles. The molecule has 2 rings (SSSR count). The number of methoxy groups -OCH3 is 1. The molecule has 1 atom stereocenters. The van der Waals surface area contributed by atoms with Crippen molar-refractivity contribution in [1.82, 2.24) is 4.89 Å². The fraction of sp³-hybridized carbons (Fsp3) is 0.167. The summed E-state index contributed by atoms with van der Waals surface area (Å²) < 4.78 is 34.8. The van der Waals surface area contributed by atoms with Crippen LogP contribution in [-0.4, -0.2) is 47.8 Å². The van der Waals surface area contributed by atoms with Gasteiger partial charge < -0.3 is 20.1 Å². The second kappa shape index (κ2) is 9.49. The lowest BCUT2D eigenvalue weighted by molar-refractivity contribution is -0.0210. The van der Waals surface area contributed by atoms with E-state index in [0.717, 1.165) is 0 Å². The van der Waals surface area contributed by atoms with Crippen molar-refractivity contribution < 1.29 is 42.7 Å². The number of phenols is 2. The Labute approximate surface area is 166 Å². The van der Waals surface area contributed by atoms with Crippen LogP contribution in [0.2, 0.25) is 0 Å². The number of aliphatic hydroxyl groups is 1. The Balaban J connectivity index is 2.15. The molecule has 1 unspecified atom stereocenters. The number of aliphatic hydroxyl groups excluding tert-OH is 1. The van der Waals surface area contributed by atoms with E-state index in [1.54, 1.807) is 0 Å². The zero-order valence-corrected chi connectivity index (χ0v) is 16.0. The monoisotopic (exact) mass is 425 g/mol. The summed E-state index contributed by atoms with van der Waals surface area (Å²) in [6.45, 7) is -0.642. The molecule has 0 heterocycles. The van der Waals surface area contributed by atoms with E-state index in [1.165, 1.54) is 60.5 Å². The fourth-order valence-electron chi connectivity index (χ4n) is 2.34. The maximum atomic E-state index is 12.2. The third-order valence-corrected chi connectivity index (χ3v) is 4.07. The summed E-state index contributed by atoms with van der Waals surface area (Å²) in [5, 5.41) is 29.1. The second-order valence-corrected chi connectivity index (χ2v) is 6.87. The van der Waals surface area contributed by atoms with Gasteiger partial charge in [-0.3, -0.25) is 14.2 Å². The lowest BCUT2D eigenvalue weighted by Gasteiger charge is -2.15. The molecule has 29 heavy (non-hydrogen) atoms. The number of aromatic hydroxyl groups is 2. The van der Waals surface area contributed by atoms with Gasteiger partial charge in [0.2, 0.25) is 0 Å². The van der Waals surface area contributed by atoms with Gasteiger partial charge in [-0.05, 0) is 42.0 Å². The molecule has 0 fully saturated rings. The number of allylic oxidation sites excluding steroid dienone is 1. The van der Waals surface area contributed by atoms with Crippen LogP contribution >= 0.6 is 0 Å². The summed E-state index contributed by atoms with van der Waals surface area (Å²) in [7, 11) is -3.24. The number of rotatable bonds is 9. The Kier molecular flexibility index (Phi) is 7.31. The molecule has 10 nitrogen and oxygen atoms in total. The van der Waals surface area contributed by atoms with Gasteiger partial charge >= 0.3 is 10.3 Å². The van der Waals surface area contributed by atoms with Crippen molar-refractivity contribution in [3.8, 4) is 17.2 Å². The maximum absolute atomic E-state index is 12.2. The van der Waals surface area contributed by atoms with Crippen molar-refractivity contribution >= 4 is 22.2 Å². The summed E-state index contributed by atoms with van der Waals surface area (Å²) in [5.74, 6) is -0.659. The number of ether oxygens (including phenoxy) is 1. The van der Waals surface area contributed by atoms with Gasteiger partial charge in [0.25, 0.3) is 0 Å². The Morgan fingerprint density at radius 1 is 1.17 bits per heavy atom. The van der Waals surface area contributed by atoms with E-state index in [9.17, 15) is 28.5 Å². The average Bonchev–Trinajstić information content (AvgIpc) is 2.66. The molecule has 0 saturated heterocycles. The minimum atomic E-state index is -4.63. The van der Waals surface area contributed by atoms with E-state index in [-0.39, 0.29) is 33.9 Å². The number of hydrogen-bond donors (Lipinski definition) is 5. The molecule has 0 saturated carbocycles. The molecule has 2 aromatic carbocycles. The normalized spacial score (nSPS) is 12.8. The largest absolute Gasteiger partial charge is 0.507 e. The summed E-state index contributed by atoms with van der Waals surface area (Å²) in [6, 6.07) is 8.21. The Morgan fingerprint density at radius 2 is 1.90 bits per heavy atom. The van der Waals surface area contributed by atoms with Crippen molar-refractivity contribution in [2.75, 3.05) is 13.7 Å². The van der Waals surface area contributed by atoms with Crippen LogP contribution in [0, 0.1) is 0 Å². The molecule has 0 amide bonds. The molecule has 0 spiro atoms. The van der Waals surface area contributed by atoms with Gasteiger partial charge in [0, 0.05) is 11.1 Å². The molecule has 0 aromatic heterocycles. The van der Waals surface area contributed by atoms with Gasteiger partial charge in [0.1, 0.15) is 11.9 Å². The van der Waals surface area contributed by atoms with E-state index >= 15 is 0 Å². The Bertz CT molecular complexity index is 1020. The third kappa shape index (κ3) is 6.27. The highest BCUT2D eigenvalue weighted by Gasteiger charge is 2.16. The lowest BCUT2D eigenvalue weighted by Crippen LogP contribution is -2.26. The van der Waals surface area contributed by atoms with Crippen LogP contribution in [0.5, 0.6) is 17.2 Å². The van der Waals surface area contributed by atoms with E-state index in [4.69, 9.17) is 9.29 Å². The van der Waals surface area contributed by atoms with Crippen molar-refractivity contribution in [2.24, 2.45) is 0 Å². The number of carbonyl (C=O) groups is 1. The summed E-state index contributed by atoms with van der Waals surface area (Å²) in [5.41, 5.74) is 0.685. The molecular weight excluding hydrogens is 406 g/mol. The summed E-state index contributed by atoms with van der Waals surface area (Å²) >= 11 is 0. The van der Waals surface area contributed by atoms with Crippen LogP contribution in [0.4, 0.5) is 0 Å². The van der Waals surface area contributed by atoms with Crippen LogP contribution in [0.1, 0.15) is 27.6 Å². The molecule has 0 aliphatic heterocycles. The zero-order chi connectivity index (χ0) is 21.6. The molecule has 0 bridgehead atoms. The predicted molar refractivity (Wildman–Crippen MR) is 102 cm³/mol. The van der Waals surface area contributed by atoms with Crippen LogP contribution in [-0.2, 0) is 15.1 Å². The highest BCUT2D eigenvalue weighted by molar-refractivity contribution is 7.83. The Morgan fingerprint density at radius 3 is 2.45 bits per heavy atom. The quantitative estimate of drug-likeness (QED) is 0.173. The van der Waals surface area contributed by atoms with Crippen LogP contribution in [0.15, 0.2) is 42.5 Å². The van der Waals surface area contributed by atoms with Gasteiger partial charge in [0.15, 0.2) is 17.3 Å². The first kappa shape index (κ1) is 22.3.